The third-order valence-electron chi connectivity index (χ3n) is 13.7. The maximum atomic E-state index is 14.5. The van der Waals surface area contributed by atoms with Crippen LogP contribution >= 0.6 is 0 Å². The molecule has 37 nitrogen and oxygen atoms in total. The third-order valence-corrected chi connectivity index (χ3v) is 13.7. The monoisotopic (exact) mass is 1330 g/mol. The van der Waals surface area contributed by atoms with Gasteiger partial charge in [-0.3, -0.25) is 81.7 Å². The largest absolute Gasteiger partial charge is 0.508 e. The van der Waals surface area contributed by atoms with Crippen LogP contribution in [0, 0.1) is 0 Å². The number of carboxylic acid groups (broad SMARTS) is 4. The number of aromatic nitrogens is 4. The number of nitrogens with zero attached hydrogens (tertiary/aromatic N) is 4. The fourth-order valence-corrected chi connectivity index (χ4v) is 8.86. The lowest BCUT2D eigenvalue weighted by Crippen LogP contribution is -2.60. The summed E-state index contributed by atoms with van der Waals surface area (Å²) >= 11 is 0. The molecular weight excluding hydrogens is 1240 g/mol. The number of phenolic OH excluding ortho intramolecular Hbond substituents is 1. The van der Waals surface area contributed by atoms with Crippen LogP contribution < -0.4 is 58.9 Å². The standard InChI is InChI=1S/C57H83N17O20/c1-34(69-57(94)42(74(30-51(86)87)31-52(88)89)27-73(28-49(82)83)29-50(84)85)54(91)71-40(7-3-5-19-62-48(81)26-66-46(79)15-13-44(77)64-21-17-37-24-60-33-68-37)55(92)72-41(22-35-8-10-38(75)11-9-35)56(93)70-39(53(58)90)6-2-4-18-61-47(80)25-65-45(78)14-12-43(76)63-20-16-36-23-59-32-67-36/h8-11,23-24,32-34,39-42,75H,2-7,12-22,25-31H2,1H3,(H2,58,90)(H,59,67)(H,60,68)(H,61,80)(H,62,81)(H,63,76)(H,64,77)(H,65,78)(H,66,79)(H,69,94)(H,70,93)(H,71,91)(H,72,92)(H,82,83)(H,84,85)(H,86,87)(H,88,89). The topological polar surface area (TPSA) is 567 Å². The molecule has 0 radical (unpaired) electrons. The number of imidazole rings is 2. The molecule has 19 N–H and O–H groups in total. The molecule has 1 aromatic carbocycles. The van der Waals surface area contributed by atoms with Crippen molar-refractivity contribution in [3.8, 4) is 5.75 Å². The first-order valence-electron chi connectivity index (χ1n) is 29.8. The Hall–Kier alpha value is -10.6. The number of rotatable bonds is 48. The van der Waals surface area contributed by atoms with Gasteiger partial charge in [0.1, 0.15) is 36.0 Å². The summed E-state index contributed by atoms with van der Waals surface area (Å²) in [6.07, 6.45) is 6.55. The maximum absolute atomic E-state index is 14.5. The average Bonchev–Trinajstić information content (AvgIpc) is 1.08. The molecule has 94 heavy (non-hydrogen) atoms. The van der Waals surface area contributed by atoms with Crippen molar-refractivity contribution in [2.75, 3.05) is 72.0 Å². The van der Waals surface area contributed by atoms with Gasteiger partial charge in [-0.15, -0.1) is 0 Å². The number of aromatic hydroxyl groups is 1. The van der Waals surface area contributed by atoms with Crippen molar-refractivity contribution < 1.29 is 97.5 Å². The van der Waals surface area contributed by atoms with Gasteiger partial charge in [-0.25, -0.2) is 9.97 Å². The number of carboxylic acids is 4. The van der Waals surface area contributed by atoms with Crippen molar-refractivity contribution >= 4 is 88.9 Å². The highest BCUT2D eigenvalue weighted by Gasteiger charge is 2.35. The first-order chi connectivity index (χ1) is 44.7. The SMILES string of the molecule is CC(NC(=O)C(CN(CC(=O)O)CC(=O)O)N(CC(=O)O)CC(=O)O)C(=O)NC(CCCCNC(=O)CNC(=O)CCC(=O)NCCc1cnc[nH]1)C(=O)NC(Cc1ccc(O)cc1)C(=O)NC(CCCCNC(=O)CNC(=O)CCC(=O)NCCc1cnc[nH]1)C(N)=O. The number of phenols is 1. The first-order valence-corrected chi connectivity index (χ1v) is 29.8. The van der Waals surface area contributed by atoms with Crippen LogP contribution in [-0.4, -0.2) is 246 Å². The molecule has 0 saturated carbocycles. The fourth-order valence-electron chi connectivity index (χ4n) is 8.86. The summed E-state index contributed by atoms with van der Waals surface area (Å²) in [7, 11) is 0. The summed E-state index contributed by atoms with van der Waals surface area (Å²) in [5.74, 6) is -15.0. The second-order valence-corrected chi connectivity index (χ2v) is 21.5. The van der Waals surface area contributed by atoms with E-state index < -0.39 is 159 Å². The number of amides is 11. The van der Waals surface area contributed by atoms with E-state index in [1.54, 1.807) is 12.4 Å². The number of carbonyl (C=O) groups is 15. The van der Waals surface area contributed by atoms with Crippen LogP contribution in [0.15, 0.2) is 49.3 Å². The Kier molecular flexibility index (Phi) is 35.1. The molecule has 2 aromatic heterocycles. The predicted octanol–water partition coefficient (Wildman–Crippen LogP) is -5.78. The lowest BCUT2D eigenvalue weighted by atomic mass is 10.0. The minimum atomic E-state index is -1.92. The van der Waals surface area contributed by atoms with E-state index in [-0.39, 0.29) is 95.4 Å². The minimum absolute atomic E-state index is 0.0358. The molecule has 5 unspecified atom stereocenters. The van der Waals surface area contributed by atoms with Crippen LogP contribution in [0.25, 0.3) is 0 Å². The molecule has 0 aliphatic heterocycles. The number of primary amides is 1. The quantitative estimate of drug-likeness (QED) is 0.0234. The fraction of sp³-hybridized carbons (Fsp3) is 0.526. The molecule has 0 aliphatic rings. The van der Waals surface area contributed by atoms with E-state index in [0.717, 1.165) is 18.3 Å². The predicted molar refractivity (Wildman–Crippen MR) is 326 cm³/mol. The molecule has 3 rings (SSSR count). The number of carbonyl (C=O) groups excluding carboxylic acids is 11. The van der Waals surface area contributed by atoms with Crippen LogP contribution in [0.3, 0.4) is 0 Å². The average molecular weight is 1330 g/mol. The summed E-state index contributed by atoms with van der Waals surface area (Å²) in [6.45, 7) is -4.24. The Labute approximate surface area is 538 Å². The Morgan fingerprint density at radius 1 is 0.489 bits per heavy atom. The molecule has 0 saturated heterocycles. The molecule has 0 spiro atoms. The van der Waals surface area contributed by atoms with Crippen molar-refractivity contribution in [3.63, 3.8) is 0 Å². The van der Waals surface area contributed by atoms with Crippen molar-refractivity contribution in [1.29, 1.82) is 0 Å². The Balaban J connectivity index is 1.74. The van der Waals surface area contributed by atoms with E-state index in [0.29, 0.717) is 41.3 Å². The van der Waals surface area contributed by atoms with E-state index in [1.165, 1.54) is 36.9 Å². The smallest absolute Gasteiger partial charge is 0.317 e. The molecule has 0 fully saturated rings. The van der Waals surface area contributed by atoms with Crippen LogP contribution in [0.1, 0.15) is 88.1 Å². The molecule has 37 heteroatoms. The van der Waals surface area contributed by atoms with E-state index in [1.807, 2.05) is 0 Å². The molecule has 11 amide bonds. The number of nitrogens with one attached hydrogen (secondary N) is 12. The highest BCUT2D eigenvalue weighted by atomic mass is 16.4. The van der Waals surface area contributed by atoms with Gasteiger partial charge in [0, 0.05) is 101 Å². The summed E-state index contributed by atoms with van der Waals surface area (Å²) < 4.78 is 0. The molecule has 3 aromatic rings. The third kappa shape index (κ3) is 33.5. The zero-order valence-electron chi connectivity index (χ0n) is 51.7. The van der Waals surface area contributed by atoms with Gasteiger partial charge in [-0.2, -0.15) is 0 Å². The normalized spacial score (nSPS) is 12.5. The number of hydrogen-bond acceptors (Lipinski definition) is 20. The minimum Gasteiger partial charge on any atom is -0.508 e. The number of unbranched alkanes of at least 4 members (excludes halogenated alkanes) is 2. The summed E-state index contributed by atoms with van der Waals surface area (Å²) in [5, 5.41) is 73.4. The van der Waals surface area contributed by atoms with Crippen LogP contribution in [0.5, 0.6) is 5.75 Å². The number of aliphatic carboxylic acids is 4. The highest BCUT2D eigenvalue weighted by Crippen LogP contribution is 2.14. The molecule has 516 valence electrons. The molecule has 5 atom stereocenters. The van der Waals surface area contributed by atoms with Gasteiger partial charge in [0.25, 0.3) is 0 Å². The van der Waals surface area contributed by atoms with Crippen molar-refractivity contribution in [2.45, 2.75) is 121 Å². The number of benzene rings is 1. The van der Waals surface area contributed by atoms with E-state index in [2.05, 4.69) is 73.1 Å². The van der Waals surface area contributed by atoms with E-state index in [4.69, 9.17) is 5.73 Å². The zero-order chi connectivity index (χ0) is 69.5. The first kappa shape index (κ1) is 77.7. The molecular formula is C57H83N17O20. The van der Waals surface area contributed by atoms with Gasteiger partial charge in [0.15, 0.2) is 0 Å². The Morgan fingerprint density at radius 3 is 1.34 bits per heavy atom. The summed E-state index contributed by atoms with van der Waals surface area (Å²) in [4.78, 5) is 206. The van der Waals surface area contributed by atoms with Crippen LogP contribution in [0.4, 0.5) is 0 Å². The van der Waals surface area contributed by atoms with Crippen molar-refractivity contribution in [2.24, 2.45) is 5.73 Å². The zero-order valence-corrected chi connectivity index (χ0v) is 51.7. The summed E-state index contributed by atoms with van der Waals surface area (Å²) in [5.41, 5.74) is 7.70. The number of hydrogen-bond donors (Lipinski definition) is 18. The summed E-state index contributed by atoms with van der Waals surface area (Å²) in [6, 6.07) is -2.66. The van der Waals surface area contributed by atoms with Gasteiger partial charge < -0.3 is 94.4 Å². The lowest BCUT2D eigenvalue weighted by Gasteiger charge is -2.32. The van der Waals surface area contributed by atoms with E-state index >= 15 is 0 Å². The van der Waals surface area contributed by atoms with Crippen molar-refractivity contribution in [1.82, 2.24) is 82.9 Å². The second-order valence-electron chi connectivity index (χ2n) is 21.5. The van der Waals surface area contributed by atoms with E-state index in [9.17, 15) is 97.5 Å². The van der Waals surface area contributed by atoms with Crippen LogP contribution in [0.2, 0.25) is 0 Å². The highest BCUT2D eigenvalue weighted by molar-refractivity contribution is 5.96. The number of nitrogens with two attached hydrogens (primary N) is 1. The molecule has 0 bridgehead atoms. The van der Waals surface area contributed by atoms with Crippen molar-refractivity contribution in [3.05, 3.63) is 66.3 Å². The number of H-pyrrole nitrogens is 2. The second kappa shape index (κ2) is 42.5. The van der Waals surface area contributed by atoms with Gasteiger partial charge in [0.2, 0.25) is 65.0 Å². The van der Waals surface area contributed by atoms with Crippen LogP contribution in [-0.2, 0) is 91.2 Å². The molecule has 2 heterocycles. The lowest BCUT2D eigenvalue weighted by molar-refractivity contribution is -0.149. The Bertz CT molecular complexity index is 2990. The van der Waals surface area contributed by atoms with Gasteiger partial charge >= 0.3 is 23.9 Å². The molecule has 0 aliphatic carbocycles. The Morgan fingerprint density at radius 2 is 0.904 bits per heavy atom. The van der Waals surface area contributed by atoms with Gasteiger partial charge in [-0.05, 0) is 63.1 Å². The number of aromatic amines is 2. The van der Waals surface area contributed by atoms with Gasteiger partial charge in [-0.1, -0.05) is 12.1 Å². The maximum Gasteiger partial charge on any atom is 0.317 e. The van der Waals surface area contributed by atoms with Gasteiger partial charge in [0.05, 0.1) is 51.9 Å².